The molecule has 0 heterocycles. The lowest BCUT2D eigenvalue weighted by Gasteiger charge is -2.30. The minimum Gasteiger partial charge on any atom is -0.494 e. The van der Waals surface area contributed by atoms with Gasteiger partial charge in [0.15, 0.2) is 0 Å². The quantitative estimate of drug-likeness (QED) is 0.341. The molecule has 2 aromatic rings. The molecule has 2 rings (SSSR count). The topological polar surface area (TPSA) is 96.0 Å². The van der Waals surface area contributed by atoms with E-state index in [2.05, 4.69) is 21.2 Å². The van der Waals surface area contributed by atoms with Crippen molar-refractivity contribution in [1.29, 1.82) is 0 Å². The van der Waals surface area contributed by atoms with Crippen molar-refractivity contribution in [3.8, 4) is 5.75 Å². The van der Waals surface area contributed by atoms with Crippen molar-refractivity contribution in [3.63, 3.8) is 0 Å². The molecule has 1 N–H and O–H groups in total. The van der Waals surface area contributed by atoms with Crippen LogP contribution in [0.3, 0.4) is 0 Å². The molecule has 0 aliphatic carbocycles. The van der Waals surface area contributed by atoms with Crippen LogP contribution in [0.25, 0.3) is 0 Å². The third-order valence-electron chi connectivity index (χ3n) is 6.02. The third-order valence-corrected chi connectivity index (χ3v) is 7.75. The van der Waals surface area contributed by atoms with Gasteiger partial charge in [0.1, 0.15) is 11.8 Å². The first-order chi connectivity index (χ1) is 17.5. The summed E-state index contributed by atoms with van der Waals surface area (Å²) >= 11 is 3.42. The third kappa shape index (κ3) is 9.66. The Morgan fingerprint density at radius 2 is 1.65 bits per heavy atom. The predicted molar refractivity (Wildman–Crippen MR) is 151 cm³/mol. The van der Waals surface area contributed by atoms with Gasteiger partial charge in [0.05, 0.1) is 18.6 Å². The molecule has 0 saturated carbocycles. The highest BCUT2D eigenvalue weighted by Gasteiger charge is 2.27. The number of ether oxygens (including phenoxy) is 1. The molecule has 204 valence electrons. The highest BCUT2D eigenvalue weighted by atomic mass is 79.9. The molecule has 8 nitrogen and oxygen atoms in total. The van der Waals surface area contributed by atoms with E-state index in [0.29, 0.717) is 24.5 Å². The first-order valence-electron chi connectivity index (χ1n) is 12.5. The maximum Gasteiger partial charge on any atom is 0.242 e. The molecule has 0 bridgehead atoms. The minimum absolute atomic E-state index is 0.00276. The molecular formula is C27H38BrN3O5S. The molecule has 2 aromatic carbocycles. The van der Waals surface area contributed by atoms with Crippen molar-refractivity contribution in [2.75, 3.05) is 23.7 Å². The fraction of sp³-hybridized carbons (Fsp3) is 0.481. The van der Waals surface area contributed by atoms with Crippen molar-refractivity contribution in [3.05, 3.63) is 58.6 Å². The Bertz CT molecular complexity index is 1120. The van der Waals surface area contributed by atoms with Crippen LogP contribution in [0.4, 0.5) is 5.69 Å². The predicted octanol–water partition coefficient (Wildman–Crippen LogP) is 4.73. The maximum absolute atomic E-state index is 13.4. The van der Waals surface area contributed by atoms with Gasteiger partial charge in [-0.15, -0.1) is 0 Å². The molecule has 2 atom stereocenters. The van der Waals surface area contributed by atoms with Gasteiger partial charge in [-0.3, -0.25) is 13.9 Å². The number of halogens is 1. The van der Waals surface area contributed by atoms with Crippen molar-refractivity contribution >= 4 is 43.5 Å². The Balaban J connectivity index is 2.15. The van der Waals surface area contributed by atoms with E-state index in [0.717, 1.165) is 22.7 Å². The van der Waals surface area contributed by atoms with Crippen LogP contribution in [0.1, 0.15) is 52.5 Å². The SMILES string of the molecule is CCOc1ccc(N(CCCC(=O)N(Cc2ccc(Br)cc2)[C@H](C)C(=O)N[C@@H](C)CC)S(C)(=O)=O)cc1. The summed E-state index contributed by atoms with van der Waals surface area (Å²) in [5, 5.41) is 2.95. The summed E-state index contributed by atoms with van der Waals surface area (Å²) in [5.74, 6) is 0.227. The van der Waals surface area contributed by atoms with Gasteiger partial charge in [0.2, 0.25) is 21.8 Å². The fourth-order valence-corrected chi connectivity index (χ4v) is 4.94. The highest BCUT2D eigenvalue weighted by molar-refractivity contribution is 9.10. The molecular weight excluding hydrogens is 558 g/mol. The van der Waals surface area contributed by atoms with Gasteiger partial charge in [-0.05, 0) is 75.6 Å². The van der Waals surface area contributed by atoms with Gasteiger partial charge in [-0.2, -0.15) is 0 Å². The van der Waals surface area contributed by atoms with Gasteiger partial charge in [0.25, 0.3) is 0 Å². The van der Waals surface area contributed by atoms with Crippen molar-refractivity contribution in [2.45, 2.75) is 65.6 Å². The van der Waals surface area contributed by atoms with E-state index in [1.807, 2.05) is 45.0 Å². The Morgan fingerprint density at radius 1 is 1.03 bits per heavy atom. The molecule has 0 aliphatic heterocycles. The molecule has 0 unspecified atom stereocenters. The number of hydrogen-bond donors (Lipinski definition) is 1. The molecule has 2 amide bonds. The zero-order valence-electron chi connectivity index (χ0n) is 22.2. The van der Waals surface area contributed by atoms with E-state index in [1.165, 1.54) is 4.31 Å². The Morgan fingerprint density at radius 3 is 2.19 bits per heavy atom. The summed E-state index contributed by atoms with van der Waals surface area (Å²) < 4.78 is 32.6. The van der Waals surface area contributed by atoms with Crippen LogP contribution in [0, 0.1) is 0 Å². The standard InChI is InChI=1S/C27H38BrN3O5S/c1-6-20(3)29-27(33)21(4)30(19-22-10-12-23(28)13-11-22)26(32)9-8-18-31(37(5,34)35)24-14-16-25(17-15-24)36-7-2/h10-17,20-21H,6-9,18-19H2,1-5H3,(H,29,33)/t20-,21+/m0/s1. The van der Waals surface area contributed by atoms with E-state index < -0.39 is 16.1 Å². The van der Waals surface area contributed by atoms with Crippen LogP contribution in [-0.2, 0) is 26.2 Å². The van der Waals surface area contributed by atoms with Crippen LogP contribution < -0.4 is 14.4 Å². The zero-order chi connectivity index (χ0) is 27.6. The second kappa shape index (κ2) is 14.4. The smallest absolute Gasteiger partial charge is 0.242 e. The maximum atomic E-state index is 13.4. The molecule has 10 heteroatoms. The second-order valence-electron chi connectivity index (χ2n) is 9.01. The van der Waals surface area contributed by atoms with E-state index >= 15 is 0 Å². The summed E-state index contributed by atoms with van der Waals surface area (Å²) in [6.45, 7) is 8.43. The van der Waals surface area contributed by atoms with Crippen molar-refractivity contribution in [2.24, 2.45) is 0 Å². The number of nitrogens with zero attached hydrogens (tertiary/aromatic N) is 2. The molecule has 0 saturated heterocycles. The Kier molecular flexibility index (Phi) is 11.9. The van der Waals surface area contributed by atoms with Crippen molar-refractivity contribution in [1.82, 2.24) is 10.2 Å². The molecule has 0 fully saturated rings. The number of carbonyl (C=O) groups excluding carboxylic acids is 2. The number of carbonyl (C=O) groups is 2. The van der Waals surface area contributed by atoms with Gasteiger partial charge in [0, 0.05) is 30.0 Å². The number of sulfonamides is 1. The summed E-state index contributed by atoms with van der Waals surface area (Å²) in [6.07, 6.45) is 2.33. The van der Waals surface area contributed by atoms with E-state index in [4.69, 9.17) is 4.74 Å². The zero-order valence-corrected chi connectivity index (χ0v) is 24.6. The Hall–Kier alpha value is -2.59. The average Bonchev–Trinajstić information content (AvgIpc) is 2.85. The lowest BCUT2D eigenvalue weighted by Crippen LogP contribution is -2.49. The second-order valence-corrected chi connectivity index (χ2v) is 11.8. The van der Waals surface area contributed by atoms with E-state index in [9.17, 15) is 18.0 Å². The molecule has 0 aliphatic rings. The lowest BCUT2D eigenvalue weighted by molar-refractivity contribution is -0.140. The van der Waals surface area contributed by atoms with Crippen LogP contribution in [-0.4, -0.2) is 56.6 Å². The van der Waals surface area contributed by atoms with E-state index in [1.54, 1.807) is 36.1 Å². The Labute approximate surface area is 229 Å². The number of rotatable bonds is 14. The van der Waals surface area contributed by atoms with Gasteiger partial charge >= 0.3 is 0 Å². The molecule has 0 spiro atoms. The number of amides is 2. The van der Waals surface area contributed by atoms with Gasteiger partial charge in [-0.1, -0.05) is 35.0 Å². The first kappa shape index (κ1) is 30.6. The van der Waals surface area contributed by atoms with Gasteiger partial charge in [-0.25, -0.2) is 8.42 Å². The lowest BCUT2D eigenvalue weighted by atomic mass is 10.1. The summed E-state index contributed by atoms with van der Waals surface area (Å²) in [4.78, 5) is 27.8. The monoisotopic (exact) mass is 595 g/mol. The van der Waals surface area contributed by atoms with Gasteiger partial charge < -0.3 is 15.0 Å². The van der Waals surface area contributed by atoms with Crippen LogP contribution in [0.5, 0.6) is 5.75 Å². The fourth-order valence-electron chi connectivity index (χ4n) is 3.71. The minimum atomic E-state index is -3.56. The summed E-state index contributed by atoms with van der Waals surface area (Å²) in [6, 6.07) is 13.7. The van der Waals surface area contributed by atoms with Crippen LogP contribution >= 0.6 is 15.9 Å². The number of benzene rings is 2. The summed E-state index contributed by atoms with van der Waals surface area (Å²) in [7, 11) is -3.56. The van der Waals surface area contributed by atoms with E-state index in [-0.39, 0.29) is 37.4 Å². The summed E-state index contributed by atoms with van der Waals surface area (Å²) in [5.41, 5.74) is 1.40. The van der Waals surface area contributed by atoms with Crippen LogP contribution in [0.2, 0.25) is 0 Å². The molecule has 0 radical (unpaired) electrons. The number of anilines is 1. The highest BCUT2D eigenvalue weighted by Crippen LogP contribution is 2.23. The molecule has 0 aromatic heterocycles. The number of nitrogens with one attached hydrogen (secondary N) is 1. The number of hydrogen-bond acceptors (Lipinski definition) is 5. The van der Waals surface area contributed by atoms with Crippen LogP contribution in [0.15, 0.2) is 53.0 Å². The largest absolute Gasteiger partial charge is 0.494 e. The average molecular weight is 597 g/mol. The van der Waals surface area contributed by atoms with Crippen molar-refractivity contribution < 1.29 is 22.7 Å². The molecule has 37 heavy (non-hydrogen) atoms. The first-order valence-corrected chi connectivity index (χ1v) is 15.1. The normalized spacial score (nSPS) is 12.9.